The predicted octanol–water partition coefficient (Wildman–Crippen LogP) is 3.90. The van der Waals surface area contributed by atoms with E-state index in [0.29, 0.717) is 5.69 Å². The van der Waals surface area contributed by atoms with Gasteiger partial charge >= 0.3 is 0 Å². The van der Waals surface area contributed by atoms with Gasteiger partial charge in [-0.25, -0.2) is 4.90 Å². The molecular weight excluding hydrogens is 326 g/mol. The molecule has 4 nitrogen and oxygen atoms in total. The molecule has 1 aromatic carbocycles. The van der Waals surface area contributed by atoms with Gasteiger partial charge in [-0.3, -0.25) is 9.59 Å². The fraction of sp³-hybridized carbons (Fsp3) is 0.636. The molecule has 0 aliphatic carbocycles. The highest BCUT2D eigenvalue weighted by Gasteiger charge is 2.71. The van der Waals surface area contributed by atoms with Crippen LogP contribution in [0.3, 0.4) is 0 Å². The van der Waals surface area contributed by atoms with Gasteiger partial charge in [0.2, 0.25) is 11.8 Å². The Kier molecular flexibility index (Phi) is 3.69. The maximum atomic E-state index is 13.2. The topological polar surface area (TPSA) is 46.6 Å². The van der Waals surface area contributed by atoms with E-state index in [9.17, 15) is 9.59 Å². The van der Waals surface area contributed by atoms with Gasteiger partial charge in [-0.15, -0.1) is 0 Å². The number of anilines is 1. The van der Waals surface area contributed by atoms with E-state index in [1.165, 1.54) is 4.90 Å². The number of para-hydroxylation sites is 1. The average Bonchev–Trinajstić information content (AvgIpc) is 3.16. The number of hydrogen-bond acceptors (Lipinski definition) is 3. The lowest BCUT2D eigenvalue weighted by Gasteiger charge is -2.46. The molecule has 6 atom stereocenters. The van der Waals surface area contributed by atoms with E-state index in [1.54, 1.807) is 0 Å². The van der Waals surface area contributed by atoms with Crippen LogP contribution < -0.4 is 4.90 Å². The van der Waals surface area contributed by atoms with E-state index in [4.69, 9.17) is 4.74 Å². The number of fused-ring (bicyclic) bond motifs is 5. The van der Waals surface area contributed by atoms with Crippen molar-refractivity contribution in [3.05, 3.63) is 30.3 Å². The van der Waals surface area contributed by atoms with Crippen molar-refractivity contribution in [2.24, 2.45) is 34.5 Å². The first-order chi connectivity index (χ1) is 12.0. The van der Waals surface area contributed by atoms with E-state index >= 15 is 0 Å². The molecule has 4 heteroatoms. The minimum absolute atomic E-state index is 0.0197. The monoisotopic (exact) mass is 355 g/mol. The number of benzene rings is 1. The summed E-state index contributed by atoms with van der Waals surface area (Å²) in [6, 6.07) is 9.30. The summed E-state index contributed by atoms with van der Waals surface area (Å²) < 4.78 is 6.37. The highest BCUT2D eigenvalue weighted by molar-refractivity contribution is 6.22. The first kappa shape index (κ1) is 17.7. The van der Waals surface area contributed by atoms with Crippen molar-refractivity contribution in [1.29, 1.82) is 0 Å². The van der Waals surface area contributed by atoms with Gasteiger partial charge in [0.15, 0.2) is 0 Å². The van der Waals surface area contributed by atoms with Crippen molar-refractivity contribution in [3.8, 4) is 0 Å². The molecule has 0 spiro atoms. The number of rotatable bonds is 1. The number of imide groups is 1. The number of nitrogens with zero attached hydrogens (tertiary/aromatic N) is 1. The maximum absolute atomic E-state index is 13.2. The summed E-state index contributed by atoms with van der Waals surface area (Å²) in [5, 5.41) is 0. The van der Waals surface area contributed by atoms with Crippen molar-refractivity contribution in [3.63, 3.8) is 0 Å². The van der Waals surface area contributed by atoms with Crippen LogP contribution in [0.25, 0.3) is 0 Å². The van der Waals surface area contributed by atoms with Crippen molar-refractivity contribution >= 4 is 17.5 Å². The van der Waals surface area contributed by atoms with Gasteiger partial charge in [0.05, 0.1) is 29.7 Å². The maximum Gasteiger partial charge on any atom is 0.240 e. The fourth-order valence-electron chi connectivity index (χ4n) is 5.67. The lowest BCUT2D eigenvalue weighted by molar-refractivity contribution is -0.125. The highest BCUT2D eigenvalue weighted by atomic mass is 16.5. The molecule has 3 aliphatic heterocycles. The molecule has 0 radical (unpaired) electrons. The Labute approximate surface area is 155 Å². The molecule has 3 fully saturated rings. The van der Waals surface area contributed by atoms with E-state index in [-0.39, 0.29) is 58.5 Å². The standard InChI is InChI=1S/C22H29NO3/c1-21(2,3)15-16(22(4,5)6)18-14-13(17(15)26-18)19(24)23(20(14)25)12-10-8-7-9-11-12/h7-11,13-18H,1-6H3. The minimum Gasteiger partial charge on any atom is -0.373 e. The Morgan fingerprint density at radius 1 is 0.769 bits per heavy atom. The number of carbonyl (C=O) groups excluding carboxylic acids is 2. The van der Waals surface area contributed by atoms with Crippen LogP contribution in [0.5, 0.6) is 0 Å². The van der Waals surface area contributed by atoms with Gasteiger partial charge in [0, 0.05) is 0 Å². The molecule has 140 valence electrons. The van der Waals surface area contributed by atoms with Crippen molar-refractivity contribution in [2.45, 2.75) is 53.8 Å². The summed E-state index contributed by atoms with van der Waals surface area (Å²) in [6.07, 6.45) is -0.334. The van der Waals surface area contributed by atoms with Crippen LogP contribution in [0.1, 0.15) is 41.5 Å². The third kappa shape index (κ3) is 2.31. The second kappa shape index (κ2) is 5.41. The van der Waals surface area contributed by atoms with Crippen LogP contribution in [0.15, 0.2) is 30.3 Å². The number of carbonyl (C=O) groups is 2. The summed E-state index contributed by atoms with van der Waals surface area (Å²) in [6.45, 7) is 13.4. The Balaban J connectivity index is 1.77. The molecule has 3 saturated heterocycles. The average molecular weight is 355 g/mol. The zero-order valence-corrected chi connectivity index (χ0v) is 16.5. The Morgan fingerprint density at radius 3 is 1.58 bits per heavy atom. The summed E-state index contributed by atoms with van der Waals surface area (Å²) in [5.41, 5.74) is 0.716. The minimum atomic E-state index is -0.337. The molecule has 0 saturated carbocycles. The van der Waals surface area contributed by atoms with Crippen LogP contribution in [-0.4, -0.2) is 24.0 Å². The van der Waals surface area contributed by atoms with Crippen LogP contribution >= 0.6 is 0 Å². The Morgan fingerprint density at radius 2 is 1.19 bits per heavy atom. The zero-order valence-electron chi connectivity index (χ0n) is 16.5. The molecule has 2 bridgehead atoms. The fourth-order valence-corrected chi connectivity index (χ4v) is 5.67. The van der Waals surface area contributed by atoms with Crippen LogP contribution in [0.2, 0.25) is 0 Å². The van der Waals surface area contributed by atoms with Gasteiger partial charge < -0.3 is 4.74 Å². The molecular formula is C22H29NO3. The molecule has 0 N–H and O–H groups in total. The first-order valence-corrected chi connectivity index (χ1v) is 9.62. The van der Waals surface area contributed by atoms with E-state index < -0.39 is 0 Å². The number of amides is 2. The Bertz CT molecular complexity index is 699. The molecule has 1 aromatic rings. The third-order valence-corrected chi connectivity index (χ3v) is 6.53. The van der Waals surface area contributed by atoms with Crippen LogP contribution in [-0.2, 0) is 14.3 Å². The van der Waals surface area contributed by atoms with Gasteiger partial charge in [0.25, 0.3) is 0 Å². The Hall–Kier alpha value is -1.68. The lowest BCUT2D eigenvalue weighted by Crippen LogP contribution is -2.50. The summed E-state index contributed by atoms with van der Waals surface area (Å²) in [7, 11) is 0. The summed E-state index contributed by atoms with van der Waals surface area (Å²) >= 11 is 0. The molecule has 3 heterocycles. The molecule has 3 aliphatic rings. The SMILES string of the molecule is CC(C)(C)C1C2OC(C3C(=O)N(c4ccccc4)C(=O)C23)C1C(C)(C)C. The number of hydrogen-bond donors (Lipinski definition) is 0. The second-order valence-electron chi connectivity index (χ2n) is 10.2. The quantitative estimate of drug-likeness (QED) is 0.718. The smallest absolute Gasteiger partial charge is 0.240 e. The van der Waals surface area contributed by atoms with E-state index in [0.717, 1.165) is 0 Å². The van der Waals surface area contributed by atoms with Crippen LogP contribution in [0.4, 0.5) is 5.69 Å². The molecule has 0 aromatic heterocycles. The van der Waals surface area contributed by atoms with Crippen molar-refractivity contribution in [1.82, 2.24) is 0 Å². The predicted molar refractivity (Wildman–Crippen MR) is 100 cm³/mol. The largest absolute Gasteiger partial charge is 0.373 e. The number of ether oxygens (including phenoxy) is 1. The van der Waals surface area contributed by atoms with Crippen molar-refractivity contribution in [2.75, 3.05) is 4.90 Å². The van der Waals surface area contributed by atoms with Crippen molar-refractivity contribution < 1.29 is 14.3 Å². The van der Waals surface area contributed by atoms with Crippen LogP contribution in [0, 0.1) is 34.5 Å². The lowest BCUT2D eigenvalue weighted by atomic mass is 9.55. The zero-order chi connectivity index (χ0) is 19.0. The molecule has 2 amide bonds. The van der Waals surface area contributed by atoms with Gasteiger partial charge in [-0.1, -0.05) is 59.7 Å². The highest BCUT2D eigenvalue weighted by Crippen LogP contribution is 2.62. The van der Waals surface area contributed by atoms with Gasteiger partial charge in [-0.2, -0.15) is 0 Å². The molecule has 26 heavy (non-hydrogen) atoms. The summed E-state index contributed by atoms with van der Waals surface area (Å²) in [5.74, 6) is -0.311. The normalized spacial score (nSPS) is 36.8. The first-order valence-electron chi connectivity index (χ1n) is 9.62. The van der Waals surface area contributed by atoms with Gasteiger partial charge in [0.1, 0.15) is 0 Å². The molecule has 4 rings (SSSR count). The van der Waals surface area contributed by atoms with Gasteiger partial charge in [-0.05, 0) is 34.8 Å². The third-order valence-electron chi connectivity index (χ3n) is 6.53. The molecule has 6 unspecified atom stereocenters. The summed E-state index contributed by atoms with van der Waals surface area (Å²) in [4.78, 5) is 27.9. The van der Waals surface area contributed by atoms with E-state index in [1.807, 2.05) is 30.3 Å². The second-order valence-corrected chi connectivity index (χ2v) is 10.2. The van der Waals surface area contributed by atoms with E-state index in [2.05, 4.69) is 41.5 Å².